The molecule has 0 saturated heterocycles. The minimum absolute atomic E-state index is 0.236. The van der Waals surface area contributed by atoms with Crippen molar-refractivity contribution >= 4 is 29.2 Å². The highest BCUT2D eigenvalue weighted by molar-refractivity contribution is 6.39. The summed E-state index contributed by atoms with van der Waals surface area (Å²) < 4.78 is 1.65. The third kappa shape index (κ3) is 3.48. The molecule has 2 aliphatic rings. The van der Waals surface area contributed by atoms with E-state index in [1.54, 1.807) is 16.8 Å². The Kier molecular flexibility index (Phi) is 5.05. The number of rotatable bonds is 3. The van der Waals surface area contributed by atoms with Gasteiger partial charge in [0.2, 0.25) is 0 Å². The summed E-state index contributed by atoms with van der Waals surface area (Å²) in [5.74, 6) is -1.17. The lowest BCUT2D eigenvalue weighted by atomic mass is 10.1. The molecule has 144 valence electrons. The molecule has 2 atom stereocenters. The molecule has 2 N–H and O–H groups in total. The van der Waals surface area contributed by atoms with Gasteiger partial charge in [0.25, 0.3) is 0 Å². The number of aromatic nitrogens is 2. The standard InChI is InChI=1S/C20H20ClN5O2/c21-13-7-9-14(10-8-13)26-18(15-4-2-6-17(15)25-26)24-20(28)19(27)23-16-5-1-3-12(16)11-22/h7-10,12,16H,1-6H2,(H,23,27)(H,24,28). The van der Waals surface area contributed by atoms with Gasteiger partial charge < -0.3 is 10.6 Å². The lowest BCUT2D eigenvalue weighted by Gasteiger charge is -2.16. The van der Waals surface area contributed by atoms with Gasteiger partial charge in [-0.25, -0.2) is 4.68 Å². The Morgan fingerprint density at radius 1 is 1.14 bits per heavy atom. The molecular formula is C20H20ClN5O2. The molecule has 2 unspecified atom stereocenters. The number of hydrogen-bond donors (Lipinski definition) is 2. The van der Waals surface area contributed by atoms with E-state index in [0.29, 0.717) is 10.8 Å². The Balaban J connectivity index is 1.55. The first-order chi connectivity index (χ1) is 13.6. The summed E-state index contributed by atoms with van der Waals surface area (Å²) in [4.78, 5) is 25.0. The van der Waals surface area contributed by atoms with Crippen LogP contribution in [0.4, 0.5) is 5.82 Å². The Bertz CT molecular complexity index is 960. The van der Waals surface area contributed by atoms with Gasteiger partial charge in [0.15, 0.2) is 0 Å². The number of hydrogen-bond acceptors (Lipinski definition) is 4. The fraction of sp³-hybridized carbons (Fsp3) is 0.400. The van der Waals surface area contributed by atoms with E-state index in [2.05, 4.69) is 21.8 Å². The number of benzene rings is 1. The van der Waals surface area contributed by atoms with Gasteiger partial charge in [-0.2, -0.15) is 10.4 Å². The lowest BCUT2D eigenvalue weighted by molar-refractivity contribution is -0.136. The quantitative estimate of drug-likeness (QED) is 0.777. The molecule has 1 aromatic heterocycles. The normalized spacial score (nSPS) is 20.4. The molecule has 0 bridgehead atoms. The zero-order valence-corrected chi connectivity index (χ0v) is 16.0. The van der Waals surface area contributed by atoms with Gasteiger partial charge in [-0.15, -0.1) is 0 Å². The summed E-state index contributed by atoms with van der Waals surface area (Å²) >= 11 is 5.97. The van der Waals surface area contributed by atoms with Crippen LogP contribution in [0.5, 0.6) is 0 Å². The van der Waals surface area contributed by atoms with Crippen molar-refractivity contribution in [1.82, 2.24) is 15.1 Å². The fourth-order valence-electron chi connectivity index (χ4n) is 3.97. The summed E-state index contributed by atoms with van der Waals surface area (Å²) in [6.45, 7) is 0. The average Bonchev–Trinajstić information content (AvgIpc) is 3.39. The molecule has 0 spiro atoms. The number of nitrogens with zero attached hydrogens (tertiary/aromatic N) is 3. The molecule has 2 aromatic rings. The van der Waals surface area contributed by atoms with E-state index in [1.165, 1.54) is 0 Å². The van der Waals surface area contributed by atoms with Crippen LogP contribution in [0.1, 0.15) is 36.9 Å². The van der Waals surface area contributed by atoms with Crippen LogP contribution in [0, 0.1) is 17.2 Å². The topological polar surface area (TPSA) is 99.8 Å². The van der Waals surface area contributed by atoms with Crippen molar-refractivity contribution in [3.05, 3.63) is 40.5 Å². The number of amides is 2. The molecule has 2 amide bonds. The maximum Gasteiger partial charge on any atom is 0.314 e. The second kappa shape index (κ2) is 7.64. The number of carbonyl (C=O) groups excluding carboxylic acids is 2. The van der Waals surface area contributed by atoms with Gasteiger partial charge in [-0.05, 0) is 62.8 Å². The molecule has 1 saturated carbocycles. The number of halogens is 1. The number of nitriles is 1. The van der Waals surface area contributed by atoms with E-state index in [0.717, 1.165) is 55.5 Å². The van der Waals surface area contributed by atoms with Crippen LogP contribution in [0.2, 0.25) is 5.02 Å². The number of nitrogens with one attached hydrogen (secondary N) is 2. The Hall–Kier alpha value is -2.85. The monoisotopic (exact) mass is 397 g/mol. The van der Waals surface area contributed by atoms with Crippen LogP contribution >= 0.6 is 11.6 Å². The number of anilines is 1. The molecule has 0 radical (unpaired) electrons. The van der Waals surface area contributed by atoms with Crippen LogP contribution in [0.3, 0.4) is 0 Å². The number of aryl methyl sites for hydroxylation is 1. The highest BCUT2D eigenvalue weighted by Gasteiger charge is 2.31. The number of fused-ring (bicyclic) bond motifs is 1. The Morgan fingerprint density at radius 2 is 1.93 bits per heavy atom. The van der Waals surface area contributed by atoms with Crippen LogP contribution < -0.4 is 10.6 Å². The molecule has 7 nitrogen and oxygen atoms in total. The fourth-order valence-corrected chi connectivity index (χ4v) is 4.10. The van der Waals surface area contributed by atoms with Crippen molar-refractivity contribution in [1.29, 1.82) is 5.26 Å². The van der Waals surface area contributed by atoms with Crippen molar-refractivity contribution < 1.29 is 9.59 Å². The molecule has 8 heteroatoms. The van der Waals surface area contributed by atoms with Crippen molar-refractivity contribution in [2.45, 2.75) is 44.6 Å². The van der Waals surface area contributed by atoms with Crippen LogP contribution in [-0.2, 0) is 22.4 Å². The van der Waals surface area contributed by atoms with E-state index < -0.39 is 11.8 Å². The third-order valence-corrected chi connectivity index (χ3v) is 5.67. The van der Waals surface area contributed by atoms with Crippen LogP contribution in [0.15, 0.2) is 24.3 Å². The summed E-state index contributed by atoms with van der Waals surface area (Å²) in [6, 6.07) is 9.07. The van der Waals surface area contributed by atoms with Crippen molar-refractivity contribution in [2.75, 3.05) is 5.32 Å². The minimum atomic E-state index is -0.742. The largest absolute Gasteiger partial charge is 0.344 e. The van der Waals surface area contributed by atoms with E-state index in [-0.39, 0.29) is 12.0 Å². The predicted octanol–water partition coefficient (Wildman–Crippen LogP) is 2.76. The van der Waals surface area contributed by atoms with Gasteiger partial charge in [-0.3, -0.25) is 9.59 Å². The van der Waals surface area contributed by atoms with Gasteiger partial charge in [0, 0.05) is 16.6 Å². The van der Waals surface area contributed by atoms with Gasteiger partial charge in [0.05, 0.1) is 23.4 Å². The summed E-state index contributed by atoms with van der Waals surface area (Å²) in [5, 5.41) is 19.8. The first-order valence-electron chi connectivity index (χ1n) is 9.45. The second-order valence-electron chi connectivity index (χ2n) is 7.22. The third-order valence-electron chi connectivity index (χ3n) is 5.41. The molecule has 4 rings (SSSR count). The van der Waals surface area contributed by atoms with Crippen molar-refractivity contribution in [3.8, 4) is 11.8 Å². The first-order valence-corrected chi connectivity index (χ1v) is 9.83. The highest BCUT2D eigenvalue weighted by Crippen LogP contribution is 2.31. The zero-order valence-electron chi connectivity index (χ0n) is 15.2. The molecule has 0 aliphatic heterocycles. The predicted molar refractivity (Wildman–Crippen MR) is 104 cm³/mol. The Morgan fingerprint density at radius 3 is 2.68 bits per heavy atom. The summed E-state index contributed by atoms with van der Waals surface area (Å²) in [6.07, 6.45) is 4.97. The van der Waals surface area contributed by atoms with Gasteiger partial charge in [-0.1, -0.05) is 11.6 Å². The maximum absolute atomic E-state index is 12.6. The van der Waals surface area contributed by atoms with E-state index >= 15 is 0 Å². The zero-order chi connectivity index (χ0) is 19.7. The molecule has 1 fully saturated rings. The molecule has 1 aromatic carbocycles. The van der Waals surface area contributed by atoms with E-state index in [9.17, 15) is 9.59 Å². The Labute approximate surface area is 167 Å². The molecule has 28 heavy (non-hydrogen) atoms. The summed E-state index contributed by atoms with van der Waals surface area (Å²) in [7, 11) is 0. The second-order valence-corrected chi connectivity index (χ2v) is 7.65. The first kappa shape index (κ1) is 18.5. The van der Waals surface area contributed by atoms with E-state index in [4.69, 9.17) is 16.9 Å². The van der Waals surface area contributed by atoms with Crippen molar-refractivity contribution in [2.24, 2.45) is 5.92 Å². The SMILES string of the molecule is N#CC1CCCC1NC(=O)C(=O)Nc1c2c(nn1-c1ccc(Cl)cc1)CCC2. The maximum atomic E-state index is 12.6. The van der Waals surface area contributed by atoms with Crippen LogP contribution in [-0.4, -0.2) is 27.6 Å². The smallest absolute Gasteiger partial charge is 0.314 e. The van der Waals surface area contributed by atoms with Gasteiger partial charge in [0.1, 0.15) is 5.82 Å². The number of carbonyl (C=O) groups is 2. The average molecular weight is 398 g/mol. The van der Waals surface area contributed by atoms with Gasteiger partial charge >= 0.3 is 11.8 Å². The van der Waals surface area contributed by atoms with Crippen molar-refractivity contribution in [3.63, 3.8) is 0 Å². The molecule has 2 aliphatic carbocycles. The minimum Gasteiger partial charge on any atom is -0.344 e. The lowest BCUT2D eigenvalue weighted by Crippen LogP contribution is -2.43. The molecular weight excluding hydrogens is 378 g/mol. The highest BCUT2D eigenvalue weighted by atomic mass is 35.5. The van der Waals surface area contributed by atoms with E-state index in [1.807, 2.05) is 12.1 Å². The summed E-state index contributed by atoms with van der Waals surface area (Å²) in [5.41, 5.74) is 2.66. The molecule has 1 heterocycles. The van der Waals surface area contributed by atoms with Crippen LogP contribution in [0.25, 0.3) is 5.69 Å².